The molecule has 172 valence electrons. The maximum atomic E-state index is 13.0. The summed E-state index contributed by atoms with van der Waals surface area (Å²) in [6, 6.07) is 14.0. The maximum absolute atomic E-state index is 13.0. The van der Waals surface area contributed by atoms with Crippen molar-refractivity contribution in [2.45, 2.75) is 37.1 Å². The fraction of sp³-hybridized carbons (Fsp3) is 0.250. The first-order chi connectivity index (χ1) is 15.7. The molecule has 0 bridgehead atoms. The molecule has 1 saturated heterocycles. The van der Waals surface area contributed by atoms with Crippen molar-refractivity contribution in [1.29, 1.82) is 0 Å². The molecule has 2 heterocycles. The van der Waals surface area contributed by atoms with Gasteiger partial charge < -0.3 is 9.47 Å². The second kappa shape index (κ2) is 9.23. The summed E-state index contributed by atoms with van der Waals surface area (Å²) in [6.45, 7) is 4.33. The van der Waals surface area contributed by atoms with Crippen LogP contribution in [0.2, 0.25) is 5.02 Å². The van der Waals surface area contributed by atoms with Crippen LogP contribution in [-0.2, 0) is 25.9 Å². The predicted octanol–water partition coefficient (Wildman–Crippen LogP) is 4.46. The molecule has 4 rings (SSSR count). The standard InChI is InChI=1S/C24H23ClN2O5S/c1-16-15-31-24(2,32-16)14-17-3-6-20(7-4-17)33(29,30)27-22-8-5-19(25)13-21(22)23(28)18-9-11-26-12-10-18/h3-13,16,27H,14-15H2,1-2H3. The van der Waals surface area contributed by atoms with E-state index in [9.17, 15) is 13.2 Å². The largest absolute Gasteiger partial charge is 0.347 e. The van der Waals surface area contributed by atoms with Crippen molar-refractivity contribution in [3.8, 4) is 0 Å². The molecule has 0 aliphatic carbocycles. The van der Waals surface area contributed by atoms with Crippen LogP contribution in [0, 0.1) is 0 Å². The molecule has 0 radical (unpaired) electrons. The van der Waals surface area contributed by atoms with Gasteiger partial charge in [0.25, 0.3) is 10.0 Å². The highest BCUT2D eigenvalue weighted by atomic mass is 35.5. The van der Waals surface area contributed by atoms with Gasteiger partial charge in [-0.25, -0.2) is 8.42 Å². The number of halogens is 1. The number of nitrogens with one attached hydrogen (secondary N) is 1. The molecule has 2 unspecified atom stereocenters. The molecule has 1 aliphatic rings. The zero-order valence-corrected chi connectivity index (χ0v) is 19.7. The van der Waals surface area contributed by atoms with Crippen LogP contribution in [0.3, 0.4) is 0 Å². The van der Waals surface area contributed by atoms with E-state index < -0.39 is 15.8 Å². The summed E-state index contributed by atoms with van der Waals surface area (Å²) < 4.78 is 40.1. The predicted molar refractivity (Wildman–Crippen MR) is 125 cm³/mol. The van der Waals surface area contributed by atoms with Gasteiger partial charge in [-0.05, 0) is 61.9 Å². The molecule has 9 heteroatoms. The molecule has 1 aromatic heterocycles. The Morgan fingerprint density at radius 1 is 1.15 bits per heavy atom. The van der Waals surface area contributed by atoms with Crippen molar-refractivity contribution in [3.05, 3.63) is 88.7 Å². The van der Waals surface area contributed by atoms with E-state index in [4.69, 9.17) is 21.1 Å². The molecule has 0 amide bonds. The summed E-state index contributed by atoms with van der Waals surface area (Å²) in [6.07, 6.45) is 3.49. The highest BCUT2D eigenvalue weighted by Crippen LogP contribution is 2.29. The number of hydrogen-bond acceptors (Lipinski definition) is 6. The lowest BCUT2D eigenvalue weighted by Crippen LogP contribution is -2.29. The van der Waals surface area contributed by atoms with Gasteiger partial charge in [0.1, 0.15) is 0 Å². The lowest BCUT2D eigenvalue weighted by Gasteiger charge is -2.23. The number of benzene rings is 2. The number of sulfonamides is 1. The Hall–Kier alpha value is -2.78. The molecule has 7 nitrogen and oxygen atoms in total. The van der Waals surface area contributed by atoms with E-state index in [1.807, 2.05) is 13.8 Å². The van der Waals surface area contributed by atoms with Crippen LogP contribution in [0.5, 0.6) is 0 Å². The smallest absolute Gasteiger partial charge is 0.261 e. The van der Waals surface area contributed by atoms with Gasteiger partial charge in [-0.1, -0.05) is 23.7 Å². The number of carbonyl (C=O) groups is 1. The minimum Gasteiger partial charge on any atom is -0.347 e. The van der Waals surface area contributed by atoms with Gasteiger partial charge in [-0.2, -0.15) is 0 Å². The van der Waals surface area contributed by atoms with Gasteiger partial charge in [0.05, 0.1) is 23.3 Å². The molecular weight excluding hydrogens is 464 g/mol. The summed E-state index contributed by atoms with van der Waals surface area (Å²) in [5.41, 5.74) is 1.54. The lowest BCUT2D eigenvalue weighted by molar-refractivity contribution is -0.150. The average molecular weight is 487 g/mol. The molecule has 2 atom stereocenters. The molecule has 3 aromatic rings. The first kappa shape index (κ1) is 23.4. The molecule has 1 fully saturated rings. The second-order valence-electron chi connectivity index (χ2n) is 8.05. The number of anilines is 1. The van der Waals surface area contributed by atoms with Crippen molar-refractivity contribution in [2.75, 3.05) is 11.3 Å². The zero-order valence-electron chi connectivity index (χ0n) is 18.1. The first-order valence-electron chi connectivity index (χ1n) is 10.3. The fourth-order valence-corrected chi connectivity index (χ4v) is 4.94. The van der Waals surface area contributed by atoms with Crippen LogP contribution in [0.4, 0.5) is 5.69 Å². The summed E-state index contributed by atoms with van der Waals surface area (Å²) >= 11 is 6.08. The molecule has 0 spiro atoms. The molecule has 1 N–H and O–H groups in total. The highest BCUT2D eigenvalue weighted by Gasteiger charge is 2.35. The Labute approximate surface area is 197 Å². The van der Waals surface area contributed by atoms with Crippen molar-refractivity contribution in [2.24, 2.45) is 0 Å². The summed E-state index contributed by atoms with van der Waals surface area (Å²) in [4.78, 5) is 16.9. The fourth-order valence-electron chi connectivity index (χ4n) is 3.69. The summed E-state index contributed by atoms with van der Waals surface area (Å²) in [5.74, 6) is -1.10. The molecule has 1 aliphatic heterocycles. The monoisotopic (exact) mass is 486 g/mol. The molecule has 0 saturated carbocycles. The Balaban J connectivity index is 1.56. The van der Waals surface area contributed by atoms with Gasteiger partial charge in [0.2, 0.25) is 0 Å². The highest BCUT2D eigenvalue weighted by molar-refractivity contribution is 7.92. The van der Waals surface area contributed by atoms with E-state index in [2.05, 4.69) is 9.71 Å². The summed E-state index contributed by atoms with van der Waals surface area (Å²) in [7, 11) is -3.95. The minimum atomic E-state index is -3.95. The maximum Gasteiger partial charge on any atom is 0.261 e. The van der Waals surface area contributed by atoms with Gasteiger partial charge in [-0.3, -0.25) is 14.5 Å². The van der Waals surface area contributed by atoms with Crippen molar-refractivity contribution >= 4 is 33.1 Å². The van der Waals surface area contributed by atoms with E-state index in [0.717, 1.165) is 5.56 Å². The normalized spacial score (nSPS) is 20.5. The third kappa shape index (κ3) is 5.42. The Bertz CT molecular complexity index is 1270. The van der Waals surface area contributed by atoms with Gasteiger partial charge in [0, 0.05) is 35.0 Å². The Morgan fingerprint density at radius 2 is 1.85 bits per heavy atom. The van der Waals surface area contributed by atoms with Crippen molar-refractivity contribution in [3.63, 3.8) is 0 Å². The topological polar surface area (TPSA) is 94.6 Å². The molecule has 33 heavy (non-hydrogen) atoms. The number of nitrogens with zero attached hydrogens (tertiary/aromatic N) is 1. The van der Waals surface area contributed by atoms with Gasteiger partial charge in [0.15, 0.2) is 11.6 Å². The lowest BCUT2D eigenvalue weighted by atomic mass is 10.0. The van der Waals surface area contributed by atoms with E-state index in [0.29, 0.717) is 23.6 Å². The third-order valence-corrected chi connectivity index (χ3v) is 6.86. The third-order valence-electron chi connectivity index (χ3n) is 5.25. The number of rotatable bonds is 7. The quantitative estimate of drug-likeness (QED) is 0.495. The second-order valence-corrected chi connectivity index (χ2v) is 10.2. The van der Waals surface area contributed by atoms with Crippen LogP contribution in [-0.4, -0.2) is 37.7 Å². The van der Waals surface area contributed by atoms with E-state index >= 15 is 0 Å². The molecular formula is C24H23ClN2O5S. The van der Waals surface area contributed by atoms with Crippen LogP contribution in [0.25, 0.3) is 0 Å². The van der Waals surface area contributed by atoms with Gasteiger partial charge >= 0.3 is 0 Å². The number of pyridine rings is 1. The van der Waals surface area contributed by atoms with Crippen LogP contribution < -0.4 is 4.72 Å². The number of hydrogen-bond donors (Lipinski definition) is 1. The van der Waals surface area contributed by atoms with Crippen molar-refractivity contribution < 1.29 is 22.7 Å². The van der Waals surface area contributed by atoms with Crippen molar-refractivity contribution in [1.82, 2.24) is 4.98 Å². The number of aromatic nitrogens is 1. The van der Waals surface area contributed by atoms with Crippen LogP contribution >= 0.6 is 11.6 Å². The number of ether oxygens (including phenoxy) is 2. The van der Waals surface area contributed by atoms with Gasteiger partial charge in [-0.15, -0.1) is 0 Å². The SMILES string of the molecule is CC1COC(C)(Cc2ccc(S(=O)(=O)Nc3ccc(Cl)cc3C(=O)c3ccncc3)cc2)O1. The Kier molecular flexibility index (Phi) is 6.54. The van der Waals surface area contributed by atoms with Crippen LogP contribution in [0.15, 0.2) is 71.9 Å². The molecule has 2 aromatic carbocycles. The average Bonchev–Trinajstić information content (AvgIpc) is 3.13. The first-order valence-corrected chi connectivity index (χ1v) is 12.2. The van der Waals surface area contributed by atoms with E-state index in [1.165, 1.54) is 42.7 Å². The Morgan fingerprint density at radius 3 is 2.48 bits per heavy atom. The van der Waals surface area contributed by atoms with Crippen LogP contribution in [0.1, 0.15) is 35.3 Å². The minimum absolute atomic E-state index is 0.0160. The zero-order chi connectivity index (χ0) is 23.6. The summed E-state index contributed by atoms with van der Waals surface area (Å²) in [5, 5.41) is 0.318. The van der Waals surface area contributed by atoms with E-state index in [1.54, 1.807) is 24.3 Å². The van der Waals surface area contributed by atoms with E-state index in [-0.39, 0.29) is 28.0 Å². The number of ketones is 1. The number of carbonyl (C=O) groups excluding carboxylic acids is 1.